The summed E-state index contributed by atoms with van der Waals surface area (Å²) in [5, 5.41) is 27.9. The number of nitrogens with zero attached hydrogens (tertiary/aromatic N) is 2. The molecule has 0 aliphatic heterocycles. The number of benzene rings is 1. The van der Waals surface area contributed by atoms with Gasteiger partial charge in [0, 0.05) is 6.42 Å². The number of hydrogen-bond acceptors (Lipinski definition) is 6. The maximum atomic E-state index is 11.5. The highest BCUT2D eigenvalue weighted by atomic mass is 32.2. The fourth-order valence-electron chi connectivity index (χ4n) is 1.83. The average molecular weight is 334 g/mol. The van der Waals surface area contributed by atoms with Gasteiger partial charge in [0.25, 0.3) is 0 Å². The molecule has 0 bridgehead atoms. The van der Waals surface area contributed by atoms with E-state index in [1.165, 1.54) is 31.4 Å². The zero-order valence-corrected chi connectivity index (χ0v) is 13.5. The number of carboxylic acids is 1. The van der Waals surface area contributed by atoms with Gasteiger partial charge in [-0.15, -0.1) is 5.10 Å². The van der Waals surface area contributed by atoms with Crippen LogP contribution in [-0.2, 0) is 11.2 Å². The summed E-state index contributed by atoms with van der Waals surface area (Å²) in [5.74, 6) is -0.469. The number of aromatic nitrogens is 3. The maximum Gasteiger partial charge on any atom is 0.342 e. The average Bonchev–Trinajstić information content (AvgIpc) is 2.96. The van der Waals surface area contributed by atoms with Crippen molar-refractivity contribution in [3.63, 3.8) is 0 Å². The Balaban J connectivity index is 2.25. The summed E-state index contributed by atoms with van der Waals surface area (Å²) in [6, 6.07) is 4.36. The topological polar surface area (TPSA) is 111 Å². The first kappa shape index (κ1) is 16.9. The van der Waals surface area contributed by atoms with Crippen molar-refractivity contribution in [1.82, 2.24) is 15.2 Å². The molecule has 1 aromatic heterocycles. The molecule has 0 saturated heterocycles. The molecule has 1 heterocycles. The summed E-state index contributed by atoms with van der Waals surface area (Å²) < 4.78 is 4.95. The predicted octanol–water partition coefficient (Wildman–Crippen LogP) is 2.06. The van der Waals surface area contributed by atoms with E-state index in [9.17, 15) is 15.0 Å². The van der Waals surface area contributed by atoms with Gasteiger partial charge in [-0.05, 0) is 35.9 Å². The number of hydrogen-bond donors (Lipinski definition) is 2. The van der Waals surface area contributed by atoms with E-state index in [0.29, 0.717) is 10.7 Å². The molecule has 0 amide bonds. The molecule has 2 rings (SSSR count). The van der Waals surface area contributed by atoms with Crippen LogP contribution in [0.3, 0.4) is 0 Å². The standard InChI is InChI=1S/C15H17N3O4S/c1-3-4-13-16-15(18-17-13)23-12(14(20)21)8-9-5-6-10(19)11(7-9)22-2/h5-8,19H,3-4H2,1-2H3,(H,20,21)(H,16,17,18)/p-1/b12-8-. The molecule has 122 valence electrons. The van der Waals surface area contributed by atoms with Gasteiger partial charge in [0.15, 0.2) is 0 Å². The molecular weight excluding hydrogens is 318 g/mol. The minimum atomic E-state index is -1.10. The zero-order chi connectivity index (χ0) is 16.8. The van der Waals surface area contributed by atoms with Crippen molar-refractivity contribution in [2.24, 2.45) is 0 Å². The molecule has 0 aliphatic rings. The summed E-state index contributed by atoms with van der Waals surface area (Å²) >= 11 is 0.945. The lowest BCUT2D eigenvalue weighted by Crippen LogP contribution is -1.98. The molecule has 0 spiro atoms. The van der Waals surface area contributed by atoms with Crippen LogP contribution in [0, 0.1) is 0 Å². The Hall–Kier alpha value is -2.48. The zero-order valence-electron chi connectivity index (χ0n) is 12.7. The fourth-order valence-corrected chi connectivity index (χ4v) is 2.56. The van der Waals surface area contributed by atoms with E-state index in [1.54, 1.807) is 0 Å². The summed E-state index contributed by atoms with van der Waals surface area (Å²) in [6.07, 6.45) is 3.12. The van der Waals surface area contributed by atoms with E-state index in [-0.39, 0.29) is 16.4 Å². The Kier molecular flexibility index (Phi) is 5.64. The monoisotopic (exact) mass is 334 g/mol. The largest absolute Gasteiger partial charge is 0.870 e. The molecule has 0 radical (unpaired) electrons. The van der Waals surface area contributed by atoms with Crippen molar-refractivity contribution in [1.29, 1.82) is 0 Å². The highest BCUT2D eigenvalue weighted by Gasteiger charge is 2.13. The molecule has 0 atom stereocenters. The fraction of sp³-hybridized carbons (Fsp3) is 0.267. The Morgan fingerprint density at radius 2 is 2.30 bits per heavy atom. The third-order valence-electron chi connectivity index (χ3n) is 2.90. The molecule has 7 nitrogen and oxygen atoms in total. The maximum absolute atomic E-state index is 11.5. The molecule has 8 heteroatoms. The molecule has 0 saturated carbocycles. The van der Waals surface area contributed by atoms with E-state index in [0.717, 1.165) is 30.4 Å². The van der Waals surface area contributed by atoms with Crippen LogP contribution in [0.5, 0.6) is 11.5 Å². The Morgan fingerprint density at radius 3 is 2.96 bits per heavy atom. The lowest BCUT2D eigenvalue weighted by Gasteiger charge is -2.12. The third kappa shape index (κ3) is 4.49. The van der Waals surface area contributed by atoms with E-state index >= 15 is 0 Å². The smallest absolute Gasteiger partial charge is 0.342 e. The van der Waals surface area contributed by atoms with E-state index < -0.39 is 5.97 Å². The van der Waals surface area contributed by atoms with Gasteiger partial charge in [-0.3, -0.25) is 5.10 Å². The highest BCUT2D eigenvalue weighted by Crippen LogP contribution is 2.29. The van der Waals surface area contributed by atoms with Gasteiger partial charge in [-0.2, -0.15) is 0 Å². The van der Waals surface area contributed by atoms with Gasteiger partial charge < -0.3 is 14.9 Å². The third-order valence-corrected chi connectivity index (χ3v) is 3.77. The van der Waals surface area contributed by atoms with E-state index in [2.05, 4.69) is 15.2 Å². The number of H-pyrrole nitrogens is 1. The number of methoxy groups -OCH3 is 1. The van der Waals surface area contributed by atoms with Gasteiger partial charge in [0.2, 0.25) is 5.16 Å². The van der Waals surface area contributed by atoms with Crippen molar-refractivity contribution < 1.29 is 19.7 Å². The molecule has 0 aliphatic carbocycles. The number of carboxylic acid groups (broad SMARTS) is 1. The number of thioether (sulfide) groups is 1. The Bertz CT molecular complexity index is 727. The molecule has 0 unspecified atom stereocenters. The Labute approximate surface area is 137 Å². The van der Waals surface area contributed by atoms with Crippen LogP contribution >= 0.6 is 11.8 Å². The van der Waals surface area contributed by atoms with Gasteiger partial charge >= 0.3 is 5.97 Å². The first-order chi connectivity index (χ1) is 11.0. The second kappa shape index (κ2) is 7.68. The van der Waals surface area contributed by atoms with Gasteiger partial charge in [-0.1, -0.05) is 24.8 Å². The second-order valence-electron chi connectivity index (χ2n) is 4.64. The number of aryl methyl sites for hydroxylation is 1. The lowest BCUT2D eigenvalue weighted by atomic mass is 10.2. The second-order valence-corrected chi connectivity index (χ2v) is 5.65. The van der Waals surface area contributed by atoms with Crippen LogP contribution in [0.1, 0.15) is 24.7 Å². The first-order valence-corrected chi connectivity index (χ1v) is 7.74. The number of aromatic amines is 1. The van der Waals surface area contributed by atoms with Crippen molar-refractivity contribution in [2.45, 2.75) is 24.9 Å². The van der Waals surface area contributed by atoms with Gasteiger partial charge in [0.05, 0.1) is 7.11 Å². The lowest BCUT2D eigenvalue weighted by molar-refractivity contribution is -0.270. The van der Waals surface area contributed by atoms with Crippen LogP contribution < -0.4 is 9.84 Å². The van der Waals surface area contributed by atoms with Crippen LogP contribution in [0.25, 0.3) is 6.08 Å². The molecule has 0 fully saturated rings. The molecule has 1 aromatic carbocycles. The summed E-state index contributed by atoms with van der Waals surface area (Å²) in [4.78, 5) is 15.7. The van der Waals surface area contributed by atoms with Gasteiger partial charge in [-0.25, -0.2) is 9.78 Å². The van der Waals surface area contributed by atoms with Crippen LogP contribution in [0.2, 0.25) is 0 Å². The van der Waals surface area contributed by atoms with E-state index in [1.807, 2.05) is 6.92 Å². The summed E-state index contributed by atoms with van der Waals surface area (Å²) in [6.45, 7) is 2.02. The van der Waals surface area contributed by atoms with Gasteiger partial charge in [0.1, 0.15) is 16.5 Å². The SMILES string of the molecule is CCCc1nc(S/C(=C\c2ccc([O-])c(OC)c2)C(=O)O)n[nH]1. The van der Waals surface area contributed by atoms with Crippen LogP contribution in [-0.4, -0.2) is 33.4 Å². The van der Waals surface area contributed by atoms with Crippen molar-refractivity contribution in [3.8, 4) is 11.5 Å². The minimum Gasteiger partial charge on any atom is -0.870 e. The van der Waals surface area contributed by atoms with Crippen LogP contribution in [0.15, 0.2) is 28.3 Å². The number of nitrogens with one attached hydrogen (secondary N) is 1. The molecule has 2 aromatic rings. The first-order valence-electron chi connectivity index (χ1n) is 6.92. The molecule has 2 N–H and O–H groups in total. The van der Waals surface area contributed by atoms with Crippen LogP contribution in [0.4, 0.5) is 0 Å². The predicted molar refractivity (Wildman–Crippen MR) is 84.3 cm³/mol. The summed E-state index contributed by atoms with van der Waals surface area (Å²) in [5.41, 5.74) is 0.552. The molecule has 23 heavy (non-hydrogen) atoms. The molecular formula is C15H16N3O4S-. The Morgan fingerprint density at radius 1 is 1.52 bits per heavy atom. The number of carbonyl (C=O) groups is 1. The van der Waals surface area contributed by atoms with E-state index in [4.69, 9.17) is 4.74 Å². The minimum absolute atomic E-state index is 0.0488. The van der Waals surface area contributed by atoms with Crippen molar-refractivity contribution >= 4 is 23.8 Å². The number of rotatable bonds is 7. The quantitative estimate of drug-likeness (QED) is 0.589. The highest BCUT2D eigenvalue weighted by molar-refractivity contribution is 8.04. The normalized spacial score (nSPS) is 11.5. The number of aliphatic carboxylic acids is 1. The van der Waals surface area contributed by atoms with Crippen molar-refractivity contribution in [2.75, 3.05) is 7.11 Å². The summed E-state index contributed by atoms with van der Waals surface area (Å²) in [7, 11) is 1.39. The van der Waals surface area contributed by atoms with Crippen molar-refractivity contribution in [3.05, 3.63) is 34.5 Å². The number of ether oxygens (including phenoxy) is 1.